The predicted octanol–water partition coefficient (Wildman–Crippen LogP) is 3.47. The zero-order valence-electron chi connectivity index (χ0n) is 12.1. The molecule has 2 aromatic rings. The van der Waals surface area contributed by atoms with E-state index < -0.39 is 22.5 Å². The Morgan fingerprint density at radius 1 is 1.22 bits per heavy atom. The van der Waals surface area contributed by atoms with Gasteiger partial charge in [-0.15, -0.1) is 0 Å². The molecule has 0 amide bonds. The topological polar surface area (TPSA) is 63.7 Å². The summed E-state index contributed by atoms with van der Waals surface area (Å²) in [4.78, 5) is 11.7. The van der Waals surface area contributed by atoms with Crippen molar-refractivity contribution in [2.75, 3.05) is 18.0 Å². The van der Waals surface area contributed by atoms with E-state index in [2.05, 4.69) is 20.7 Å². The Labute approximate surface area is 148 Å². The highest BCUT2D eigenvalue weighted by Crippen LogP contribution is 2.27. The molecule has 0 atom stereocenters. The van der Waals surface area contributed by atoms with Crippen molar-refractivity contribution >= 4 is 49.2 Å². The maximum absolute atomic E-state index is 12.9. The lowest BCUT2D eigenvalue weighted by Gasteiger charge is -2.23. The van der Waals surface area contributed by atoms with Gasteiger partial charge < -0.3 is 4.74 Å². The Kier molecular flexibility index (Phi) is 5.67. The first-order chi connectivity index (χ1) is 10.8. The minimum absolute atomic E-state index is 0.0331. The molecule has 2 rings (SSSR count). The fraction of sp³-hybridized carbons (Fsp3) is 0.133. The van der Waals surface area contributed by atoms with Crippen molar-refractivity contribution < 1.29 is 17.9 Å². The second kappa shape index (κ2) is 7.33. The molecule has 2 aromatic carbocycles. The number of nitrogens with zero attached hydrogens (tertiary/aromatic N) is 1. The summed E-state index contributed by atoms with van der Waals surface area (Å²) in [6.45, 7) is -0.433. The van der Waals surface area contributed by atoms with E-state index in [0.717, 1.165) is 4.31 Å². The van der Waals surface area contributed by atoms with Gasteiger partial charge in [-0.2, -0.15) is 0 Å². The van der Waals surface area contributed by atoms with Crippen LogP contribution >= 0.6 is 27.5 Å². The molecule has 0 aliphatic heterocycles. The number of methoxy groups -OCH3 is 1. The molecular weight excluding hydrogens is 406 g/mol. The van der Waals surface area contributed by atoms with E-state index in [4.69, 9.17) is 11.6 Å². The second-order valence-electron chi connectivity index (χ2n) is 4.52. The SMILES string of the molecule is COC(=O)CN(c1cccc(Br)c1)S(=O)(=O)c1ccc(Cl)cc1. The first-order valence-electron chi connectivity index (χ1n) is 6.45. The molecule has 0 fully saturated rings. The van der Waals surface area contributed by atoms with Crippen LogP contribution in [0.1, 0.15) is 0 Å². The zero-order chi connectivity index (χ0) is 17.0. The number of anilines is 1. The highest BCUT2D eigenvalue weighted by molar-refractivity contribution is 9.10. The number of benzene rings is 2. The maximum atomic E-state index is 12.9. The molecule has 0 N–H and O–H groups in total. The van der Waals surface area contributed by atoms with E-state index >= 15 is 0 Å². The lowest BCUT2D eigenvalue weighted by atomic mass is 10.3. The van der Waals surface area contributed by atoms with Crippen LogP contribution in [0, 0.1) is 0 Å². The van der Waals surface area contributed by atoms with Gasteiger partial charge in [0.05, 0.1) is 17.7 Å². The summed E-state index contributed by atoms with van der Waals surface area (Å²) in [5, 5.41) is 0.422. The average molecular weight is 419 g/mol. The molecule has 0 aliphatic rings. The quantitative estimate of drug-likeness (QED) is 0.698. The van der Waals surface area contributed by atoms with Crippen molar-refractivity contribution in [3.05, 3.63) is 58.0 Å². The summed E-state index contributed by atoms with van der Waals surface area (Å²) >= 11 is 9.09. The summed E-state index contributed by atoms with van der Waals surface area (Å²) in [5.41, 5.74) is 0.347. The number of rotatable bonds is 5. The third-order valence-electron chi connectivity index (χ3n) is 3.00. The van der Waals surface area contributed by atoms with Gasteiger partial charge in [0.1, 0.15) is 6.54 Å². The molecule has 0 aromatic heterocycles. The third-order valence-corrected chi connectivity index (χ3v) is 5.53. The molecule has 8 heteroatoms. The fourth-order valence-corrected chi connectivity index (χ4v) is 3.78. The first kappa shape index (κ1) is 17.8. The molecule has 0 radical (unpaired) electrons. The predicted molar refractivity (Wildman–Crippen MR) is 92.1 cm³/mol. The van der Waals surface area contributed by atoms with Crippen LogP contribution in [0.25, 0.3) is 0 Å². The number of carbonyl (C=O) groups is 1. The van der Waals surface area contributed by atoms with Crippen LogP contribution in [0.3, 0.4) is 0 Å². The maximum Gasteiger partial charge on any atom is 0.326 e. The minimum atomic E-state index is -3.94. The highest BCUT2D eigenvalue weighted by atomic mass is 79.9. The van der Waals surface area contributed by atoms with Crippen molar-refractivity contribution in [2.45, 2.75) is 4.90 Å². The van der Waals surface area contributed by atoms with Crippen LogP contribution in [0.15, 0.2) is 57.9 Å². The molecule has 0 saturated heterocycles. The van der Waals surface area contributed by atoms with Crippen LogP contribution < -0.4 is 4.31 Å². The summed E-state index contributed by atoms with van der Waals surface area (Å²) in [7, 11) is -2.74. The number of carbonyl (C=O) groups excluding carboxylic acids is 1. The van der Waals surface area contributed by atoms with Gasteiger partial charge in [-0.25, -0.2) is 8.42 Å². The lowest BCUT2D eigenvalue weighted by Crippen LogP contribution is -2.36. The number of esters is 1. The van der Waals surface area contributed by atoms with Gasteiger partial charge in [0.15, 0.2) is 0 Å². The fourth-order valence-electron chi connectivity index (χ4n) is 1.86. The first-order valence-corrected chi connectivity index (χ1v) is 9.06. The van der Waals surface area contributed by atoms with E-state index in [0.29, 0.717) is 15.2 Å². The Balaban J connectivity index is 2.51. The van der Waals surface area contributed by atoms with E-state index in [1.807, 2.05) is 0 Å². The molecule has 5 nitrogen and oxygen atoms in total. The van der Waals surface area contributed by atoms with Crippen LogP contribution in [-0.2, 0) is 19.6 Å². The van der Waals surface area contributed by atoms with Gasteiger partial charge in [-0.3, -0.25) is 9.10 Å². The molecule has 23 heavy (non-hydrogen) atoms. The zero-order valence-corrected chi connectivity index (χ0v) is 15.2. The van der Waals surface area contributed by atoms with Crippen molar-refractivity contribution in [3.8, 4) is 0 Å². The van der Waals surface area contributed by atoms with Crippen LogP contribution in [0.2, 0.25) is 5.02 Å². The molecule has 0 bridgehead atoms. The van der Waals surface area contributed by atoms with Gasteiger partial charge in [0.2, 0.25) is 0 Å². The van der Waals surface area contributed by atoms with Gasteiger partial charge in [0, 0.05) is 9.50 Å². The van der Waals surface area contributed by atoms with Crippen molar-refractivity contribution in [2.24, 2.45) is 0 Å². The molecule has 0 spiro atoms. The number of hydrogen-bond donors (Lipinski definition) is 0. The van der Waals surface area contributed by atoms with Crippen LogP contribution in [0.4, 0.5) is 5.69 Å². The molecule has 0 saturated carbocycles. The number of hydrogen-bond acceptors (Lipinski definition) is 4. The Morgan fingerprint density at radius 2 is 1.87 bits per heavy atom. The summed E-state index contributed by atoms with van der Waals surface area (Å²) in [6.07, 6.45) is 0. The van der Waals surface area contributed by atoms with Crippen LogP contribution in [-0.4, -0.2) is 28.0 Å². The standard InChI is InChI=1S/C15H13BrClNO4S/c1-22-15(19)10-18(13-4-2-3-11(16)9-13)23(20,21)14-7-5-12(17)6-8-14/h2-9H,10H2,1H3. The van der Waals surface area contributed by atoms with Crippen LogP contribution in [0.5, 0.6) is 0 Å². The van der Waals surface area contributed by atoms with E-state index in [-0.39, 0.29) is 4.90 Å². The summed E-state index contributed by atoms with van der Waals surface area (Å²) in [5.74, 6) is -0.664. The summed E-state index contributed by atoms with van der Waals surface area (Å²) < 4.78 is 32.0. The van der Waals surface area contributed by atoms with Crippen molar-refractivity contribution in [1.29, 1.82) is 0 Å². The molecule has 0 unspecified atom stereocenters. The highest BCUT2D eigenvalue weighted by Gasteiger charge is 2.27. The summed E-state index contributed by atoms with van der Waals surface area (Å²) in [6, 6.07) is 12.4. The van der Waals surface area contributed by atoms with Gasteiger partial charge in [-0.1, -0.05) is 33.6 Å². The molecule has 0 heterocycles. The monoisotopic (exact) mass is 417 g/mol. The minimum Gasteiger partial charge on any atom is -0.468 e. The van der Waals surface area contributed by atoms with Gasteiger partial charge in [0.25, 0.3) is 10.0 Å². The molecule has 0 aliphatic carbocycles. The van der Waals surface area contributed by atoms with Gasteiger partial charge >= 0.3 is 5.97 Å². The Morgan fingerprint density at radius 3 is 2.43 bits per heavy atom. The second-order valence-corrected chi connectivity index (χ2v) is 7.74. The Bertz CT molecular complexity index is 808. The van der Waals surface area contributed by atoms with E-state index in [1.165, 1.54) is 31.4 Å². The third kappa shape index (κ3) is 4.25. The lowest BCUT2D eigenvalue weighted by molar-refractivity contribution is -0.138. The van der Waals surface area contributed by atoms with Crippen molar-refractivity contribution in [3.63, 3.8) is 0 Å². The number of halogens is 2. The Hall–Kier alpha value is -1.57. The largest absolute Gasteiger partial charge is 0.468 e. The van der Waals surface area contributed by atoms with Crippen molar-refractivity contribution in [1.82, 2.24) is 0 Å². The van der Waals surface area contributed by atoms with Gasteiger partial charge in [-0.05, 0) is 42.5 Å². The molecular formula is C15H13BrClNO4S. The molecule has 122 valence electrons. The van der Waals surface area contributed by atoms with E-state index in [1.54, 1.807) is 24.3 Å². The number of sulfonamides is 1. The number of ether oxygens (including phenoxy) is 1. The average Bonchev–Trinajstić information content (AvgIpc) is 2.52. The smallest absolute Gasteiger partial charge is 0.326 e. The normalized spacial score (nSPS) is 11.1. The van der Waals surface area contributed by atoms with E-state index in [9.17, 15) is 13.2 Å².